The molecule has 1 saturated heterocycles. The fourth-order valence-electron chi connectivity index (χ4n) is 4.24. The molecule has 0 spiro atoms. The van der Waals surface area contributed by atoms with Crippen molar-refractivity contribution in [2.75, 3.05) is 39.3 Å². The molecular formula is C22H46N6S. The lowest BCUT2D eigenvalue weighted by molar-refractivity contribution is 0.304. The van der Waals surface area contributed by atoms with Gasteiger partial charge < -0.3 is 20.4 Å². The van der Waals surface area contributed by atoms with Crippen LogP contribution >= 0.6 is 13.5 Å². The van der Waals surface area contributed by atoms with E-state index in [9.17, 15) is 0 Å². The maximum absolute atomic E-state index is 8.43. The SMILES string of the molecule is CCCCCCCN1C(N)=NC[C@@H]1CCCCN1CCN(CC(C)CC)C1=N.S. The van der Waals surface area contributed by atoms with Crippen LogP contribution in [0.5, 0.6) is 0 Å². The van der Waals surface area contributed by atoms with Crippen molar-refractivity contribution in [1.82, 2.24) is 14.7 Å². The van der Waals surface area contributed by atoms with Crippen molar-refractivity contribution < 1.29 is 0 Å². The molecule has 2 atom stereocenters. The van der Waals surface area contributed by atoms with Gasteiger partial charge in [-0.05, 0) is 31.6 Å². The Bertz CT molecular complexity index is 498. The van der Waals surface area contributed by atoms with Crippen LogP contribution in [0.2, 0.25) is 0 Å². The van der Waals surface area contributed by atoms with E-state index in [1.165, 1.54) is 44.9 Å². The van der Waals surface area contributed by atoms with E-state index in [0.717, 1.165) is 64.0 Å². The molecule has 0 aromatic rings. The van der Waals surface area contributed by atoms with Gasteiger partial charge in [-0.2, -0.15) is 13.5 Å². The largest absolute Gasteiger partial charge is 0.370 e. The first-order valence-corrected chi connectivity index (χ1v) is 11.7. The van der Waals surface area contributed by atoms with Crippen molar-refractivity contribution >= 4 is 25.4 Å². The highest BCUT2D eigenvalue weighted by Gasteiger charge is 2.27. The summed E-state index contributed by atoms with van der Waals surface area (Å²) in [7, 11) is 0. The molecule has 1 fully saturated rings. The number of nitrogens with zero attached hydrogens (tertiary/aromatic N) is 4. The summed E-state index contributed by atoms with van der Waals surface area (Å²) in [6.07, 6.45) is 11.2. The Kier molecular flexibility index (Phi) is 12.5. The minimum Gasteiger partial charge on any atom is -0.370 e. The summed E-state index contributed by atoms with van der Waals surface area (Å²) >= 11 is 0. The number of nitrogens with one attached hydrogen (secondary N) is 1. The second kappa shape index (κ2) is 14.0. The number of unbranched alkanes of at least 4 members (excludes halogenated alkanes) is 5. The zero-order chi connectivity index (χ0) is 20.4. The van der Waals surface area contributed by atoms with Gasteiger partial charge in [-0.15, -0.1) is 0 Å². The summed E-state index contributed by atoms with van der Waals surface area (Å²) in [5.41, 5.74) is 6.13. The molecular weight excluding hydrogens is 380 g/mol. The third kappa shape index (κ3) is 8.27. The number of hydrogen-bond donors (Lipinski definition) is 2. The third-order valence-electron chi connectivity index (χ3n) is 6.38. The van der Waals surface area contributed by atoms with E-state index in [4.69, 9.17) is 11.1 Å². The van der Waals surface area contributed by atoms with E-state index in [0.29, 0.717) is 12.0 Å². The molecule has 0 aromatic heterocycles. The van der Waals surface area contributed by atoms with Crippen molar-refractivity contribution in [1.29, 1.82) is 5.41 Å². The van der Waals surface area contributed by atoms with E-state index in [-0.39, 0.29) is 13.5 Å². The third-order valence-corrected chi connectivity index (χ3v) is 6.38. The topological polar surface area (TPSA) is 72.0 Å². The summed E-state index contributed by atoms with van der Waals surface area (Å²) in [5, 5.41) is 8.43. The van der Waals surface area contributed by atoms with Gasteiger partial charge >= 0.3 is 0 Å². The van der Waals surface area contributed by atoms with Gasteiger partial charge in [-0.3, -0.25) is 10.4 Å². The molecule has 0 radical (unpaired) electrons. The van der Waals surface area contributed by atoms with Crippen LogP contribution in [-0.4, -0.2) is 71.9 Å². The van der Waals surface area contributed by atoms with Crippen molar-refractivity contribution in [3.05, 3.63) is 0 Å². The second-order valence-electron chi connectivity index (χ2n) is 8.73. The standard InChI is InChI=1S/C22H44N6.H2S/c1-4-6-7-8-10-14-28-20(17-25-21(28)23)12-9-11-13-26-15-16-27(22(26)24)18-19(3)5-2;/h19-20,24H,4-18H2,1-3H3,(H2,23,25);1H2/t19?,20-;/m0./s1. The monoisotopic (exact) mass is 426 g/mol. The molecule has 2 rings (SSSR count). The molecule has 0 saturated carbocycles. The predicted molar refractivity (Wildman–Crippen MR) is 130 cm³/mol. The number of nitrogens with two attached hydrogens (primary N) is 1. The highest BCUT2D eigenvalue weighted by molar-refractivity contribution is 7.59. The van der Waals surface area contributed by atoms with Gasteiger partial charge in [-0.1, -0.05) is 52.9 Å². The minimum atomic E-state index is 0. The maximum atomic E-state index is 8.43. The van der Waals surface area contributed by atoms with Gasteiger partial charge in [0.05, 0.1) is 12.6 Å². The summed E-state index contributed by atoms with van der Waals surface area (Å²) in [6.45, 7) is 12.8. The lowest BCUT2D eigenvalue weighted by Gasteiger charge is -2.27. The van der Waals surface area contributed by atoms with Gasteiger partial charge in [0.25, 0.3) is 0 Å². The normalized spacial score (nSPS) is 20.2. The van der Waals surface area contributed by atoms with Gasteiger partial charge in [0.2, 0.25) is 0 Å². The first-order chi connectivity index (χ1) is 13.6. The molecule has 2 aliphatic heterocycles. The first kappa shape index (κ1) is 25.9. The molecule has 1 unspecified atom stereocenters. The number of guanidine groups is 2. The van der Waals surface area contributed by atoms with Crippen LogP contribution in [0.3, 0.4) is 0 Å². The lowest BCUT2D eigenvalue weighted by atomic mass is 10.1. The average molecular weight is 427 g/mol. The summed E-state index contributed by atoms with van der Waals surface area (Å²) in [6, 6.07) is 0.492. The first-order valence-electron chi connectivity index (χ1n) is 11.7. The lowest BCUT2D eigenvalue weighted by Crippen LogP contribution is -2.41. The Morgan fingerprint density at radius 1 is 1.03 bits per heavy atom. The van der Waals surface area contributed by atoms with Crippen LogP contribution in [-0.2, 0) is 0 Å². The molecule has 6 nitrogen and oxygen atoms in total. The van der Waals surface area contributed by atoms with Crippen LogP contribution in [0.25, 0.3) is 0 Å². The summed E-state index contributed by atoms with van der Waals surface area (Å²) in [5.74, 6) is 2.16. The molecule has 29 heavy (non-hydrogen) atoms. The van der Waals surface area contributed by atoms with E-state index in [2.05, 4.69) is 40.5 Å². The van der Waals surface area contributed by atoms with Gasteiger partial charge in [0.1, 0.15) is 0 Å². The molecule has 0 aromatic carbocycles. The van der Waals surface area contributed by atoms with Crippen molar-refractivity contribution in [3.8, 4) is 0 Å². The Hall–Kier alpha value is -1.11. The smallest absolute Gasteiger partial charge is 0.193 e. The Labute approximate surface area is 186 Å². The molecule has 7 heteroatoms. The van der Waals surface area contributed by atoms with Gasteiger partial charge in [0.15, 0.2) is 11.9 Å². The Morgan fingerprint density at radius 2 is 1.72 bits per heavy atom. The van der Waals surface area contributed by atoms with Gasteiger partial charge in [0, 0.05) is 32.7 Å². The predicted octanol–water partition coefficient (Wildman–Crippen LogP) is 3.84. The summed E-state index contributed by atoms with van der Waals surface area (Å²) < 4.78 is 0. The van der Waals surface area contributed by atoms with Crippen LogP contribution < -0.4 is 5.73 Å². The zero-order valence-corrected chi connectivity index (χ0v) is 20.1. The van der Waals surface area contributed by atoms with Crippen LogP contribution in [0, 0.1) is 11.3 Å². The van der Waals surface area contributed by atoms with Crippen LogP contribution in [0.15, 0.2) is 4.99 Å². The van der Waals surface area contributed by atoms with Crippen molar-refractivity contribution in [3.63, 3.8) is 0 Å². The van der Waals surface area contributed by atoms with E-state index < -0.39 is 0 Å². The van der Waals surface area contributed by atoms with E-state index >= 15 is 0 Å². The van der Waals surface area contributed by atoms with Crippen molar-refractivity contribution in [2.24, 2.45) is 16.6 Å². The fraction of sp³-hybridized carbons (Fsp3) is 0.909. The van der Waals surface area contributed by atoms with Gasteiger partial charge in [-0.25, -0.2) is 0 Å². The summed E-state index contributed by atoms with van der Waals surface area (Å²) in [4.78, 5) is 11.3. The highest BCUT2D eigenvalue weighted by atomic mass is 32.1. The molecule has 0 amide bonds. The number of rotatable bonds is 14. The number of aliphatic imine (C=N–C) groups is 1. The molecule has 0 bridgehead atoms. The van der Waals surface area contributed by atoms with Crippen LogP contribution in [0.1, 0.15) is 78.6 Å². The minimum absolute atomic E-state index is 0. The molecule has 2 heterocycles. The second-order valence-corrected chi connectivity index (χ2v) is 8.73. The fourth-order valence-corrected chi connectivity index (χ4v) is 4.24. The van der Waals surface area contributed by atoms with E-state index in [1.807, 2.05) is 0 Å². The van der Waals surface area contributed by atoms with Crippen LogP contribution in [0.4, 0.5) is 0 Å². The molecule has 2 aliphatic rings. The molecule has 170 valence electrons. The Morgan fingerprint density at radius 3 is 2.45 bits per heavy atom. The molecule has 3 N–H and O–H groups in total. The van der Waals surface area contributed by atoms with E-state index in [1.54, 1.807) is 0 Å². The maximum Gasteiger partial charge on any atom is 0.193 e. The molecule has 0 aliphatic carbocycles. The quantitative estimate of drug-likeness (QED) is 0.414. The zero-order valence-electron chi connectivity index (χ0n) is 19.1. The Balaban J connectivity index is 0.00000420. The van der Waals surface area contributed by atoms with Crippen molar-refractivity contribution in [2.45, 2.75) is 84.6 Å². The number of hydrogen-bond acceptors (Lipinski definition) is 4. The highest BCUT2D eigenvalue weighted by Crippen LogP contribution is 2.18. The average Bonchev–Trinajstić information content (AvgIpc) is 3.22.